The first-order valence-electron chi connectivity index (χ1n) is 11.6. The zero-order valence-corrected chi connectivity index (χ0v) is 19.7. The van der Waals surface area contributed by atoms with Crippen molar-refractivity contribution in [3.63, 3.8) is 0 Å². The number of H-pyrrole nitrogens is 1. The topological polar surface area (TPSA) is 88.9 Å². The lowest BCUT2D eigenvalue weighted by molar-refractivity contribution is 0.413. The molecule has 1 aromatic carbocycles. The van der Waals surface area contributed by atoms with Gasteiger partial charge in [-0.2, -0.15) is 5.10 Å². The van der Waals surface area contributed by atoms with Crippen LogP contribution in [-0.2, 0) is 0 Å². The molecule has 0 saturated heterocycles. The van der Waals surface area contributed by atoms with Crippen LogP contribution in [-0.4, -0.2) is 36.9 Å². The maximum Gasteiger partial charge on any atom is 0.224 e. The molecule has 1 aliphatic carbocycles. The SMILES string of the molecule is COc1ccc(-c2n[nH]c3c(O)n(-c4nc(-c5cccnc5)cs4)c(C4CCCCC4)c23)cc1. The van der Waals surface area contributed by atoms with E-state index in [2.05, 4.69) is 15.2 Å². The number of nitrogens with zero attached hydrogens (tertiary/aromatic N) is 4. The summed E-state index contributed by atoms with van der Waals surface area (Å²) in [4.78, 5) is 9.12. The van der Waals surface area contributed by atoms with Gasteiger partial charge in [0.05, 0.1) is 18.2 Å². The third-order valence-electron chi connectivity index (χ3n) is 6.69. The maximum absolute atomic E-state index is 11.4. The molecular weight excluding hydrogens is 446 g/mol. The second-order valence-corrected chi connectivity index (χ2v) is 9.52. The summed E-state index contributed by atoms with van der Waals surface area (Å²) in [5, 5.41) is 22.9. The number of aromatic amines is 1. The average molecular weight is 472 g/mol. The number of thiazole rings is 1. The van der Waals surface area contributed by atoms with E-state index in [0.717, 1.165) is 57.3 Å². The minimum absolute atomic E-state index is 0.162. The van der Waals surface area contributed by atoms with E-state index in [9.17, 15) is 5.11 Å². The fraction of sp³-hybridized carbons (Fsp3) is 0.269. The van der Waals surface area contributed by atoms with Gasteiger partial charge in [-0.15, -0.1) is 11.3 Å². The van der Waals surface area contributed by atoms with E-state index >= 15 is 0 Å². The van der Waals surface area contributed by atoms with Crippen molar-refractivity contribution in [2.24, 2.45) is 0 Å². The first-order valence-corrected chi connectivity index (χ1v) is 12.4. The molecule has 34 heavy (non-hydrogen) atoms. The average Bonchev–Trinajstić information content (AvgIpc) is 3.61. The fourth-order valence-corrected chi connectivity index (χ4v) is 5.87. The molecule has 0 aliphatic heterocycles. The number of benzene rings is 1. The second-order valence-electron chi connectivity index (χ2n) is 8.69. The molecule has 1 saturated carbocycles. The molecule has 4 aromatic heterocycles. The molecule has 5 aromatic rings. The van der Waals surface area contributed by atoms with E-state index in [0.29, 0.717) is 11.4 Å². The lowest BCUT2D eigenvalue weighted by atomic mass is 9.85. The minimum atomic E-state index is 0.162. The molecule has 2 N–H and O–H groups in total. The van der Waals surface area contributed by atoms with Gasteiger partial charge < -0.3 is 9.84 Å². The van der Waals surface area contributed by atoms with Gasteiger partial charge in [-0.25, -0.2) is 4.98 Å². The van der Waals surface area contributed by atoms with Crippen molar-refractivity contribution in [1.82, 2.24) is 24.7 Å². The lowest BCUT2D eigenvalue weighted by Gasteiger charge is -2.23. The Morgan fingerprint density at radius 1 is 1.09 bits per heavy atom. The van der Waals surface area contributed by atoms with Crippen LogP contribution in [0.15, 0.2) is 54.2 Å². The molecule has 0 atom stereocenters. The Kier molecular flexibility index (Phi) is 5.30. The lowest BCUT2D eigenvalue weighted by Crippen LogP contribution is -2.10. The Morgan fingerprint density at radius 3 is 2.65 bits per heavy atom. The summed E-state index contributed by atoms with van der Waals surface area (Å²) in [6.07, 6.45) is 9.38. The van der Waals surface area contributed by atoms with Crippen LogP contribution in [0.4, 0.5) is 0 Å². The molecule has 0 radical (unpaired) electrons. The standard InChI is InChI=1S/C26H25N5O2S/c1-33-19-11-9-16(10-12-19)22-21-23(30-29-22)25(32)31(24(21)17-6-3-2-4-7-17)26-28-20(15-34-26)18-8-5-13-27-14-18/h5,8-15,17,30,32H,2-4,6-7H2,1H3. The summed E-state index contributed by atoms with van der Waals surface area (Å²) in [5.41, 5.74) is 5.39. The van der Waals surface area contributed by atoms with E-state index in [1.54, 1.807) is 13.3 Å². The zero-order chi connectivity index (χ0) is 23.1. The fourth-order valence-electron chi connectivity index (χ4n) is 5.02. The quantitative estimate of drug-likeness (QED) is 0.314. The molecule has 1 fully saturated rings. The first-order chi connectivity index (χ1) is 16.7. The number of rotatable bonds is 5. The zero-order valence-electron chi connectivity index (χ0n) is 18.9. The molecule has 7 nitrogen and oxygen atoms in total. The van der Waals surface area contributed by atoms with E-state index in [4.69, 9.17) is 9.72 Å². The monoisotopic (exact) mass is 471 g/mol. The van der Waals surface area contributed by atoms with Crippen molar-refractivity contribution in [3.8, 4) is 39.3 Å². The Morgan fingerprint density at radius 2 is 1.91 bits per heavy atom. The highest BCUT2D eigenvalue weighted by Crippen LogP contribution is 2.46. The van der Waals surface area contributed by atoms with Crippen LogP contribution >= 0.6 is 11.3 Å². The van der Waals surface area contributed by atoms with Gasteiger partial charge in [-0.1, -0.05) is 19.3 Å². The summed E-state index contributed by atoms with van der Waals surface area (Å²) in [7, 11) is 1.66. The highest BCUT2D eigenvalue weighted by Gasteiger charge is 2.31. The van der Waals surface area contributed by atoms with Crippen molar-refractivity contribution in [2.75, 3.05) is 7.11 Å². The molecule has 0 bridgehead atoms. The van der Waals surface area contributed by atoms with Crippen LogP contribution in [0, 0.1) is 0 Å². The van der Waals surface area contributed by atoms with Gasteiger partial charge >= 0.3 is 0 Å². The van der Waals surface area contributed by atoms with Crippen LogP contribution < -0.4 is 4.74 Å². The van der Waals surface area contributed by atoms with Crippen molar-refractivity contribution in [1.29, 1.82) is 0 Å². The number of fused-ring (bicyclic) bond motifs is 1. The molecule has 4 heterocycles. The third-order valence-corrected chi connectivity index (χ3v) is 7.52. The van der Waals surface area contributed by atoms with Crippen molar-refractivity contribution >= 4 is 22.2 Å². The predicted octanol–water partition coefficient (Wildman–Crippen LogP) is 6.30. The van der Waals surface area contributed by atoms with Crippen LogP contribution in [0.1, 0.15) is 43.7 Å². The Hall–Kier alpha value is -3.65. The molecule has 1 aliphatic rings. The predicted molar refractivity (Wildman–Crippen MR) is 134 cm³/mol. The van der Waals surface area contributed by atoms with Gasteiger partial charge in [0.2, 0.25) is 5.88 Å². The number of hydrogen-bond donors (Lipinski definition) is 2. The van der Waals surface area contributed by atoms with Gasteiger partial charge in [0.15, 0.2) is 5.13 Å². The summed E-state index contributed by atoms with van der Waals surface area (Å²) in [6.45, 7) is 0. The highest BCUT2D eigenvalue weighted by atomic mass is 32.1. The number of hydrogen-bond acceptors (Lipinski definition) is 6. The number of nitrogens with one attached hydrogen (secondary N) is 1. The molecule has 172 valence electrons. The van der Waals surface area contributed by atoms with Crippen molar-refractivity contribution < 1.29 is 9.84 Å². The number of aromatic hydroxyl groups is 1. The maximum atomic E-state index is 11.4. The van der Waals surface area contributed by atoms with Crippen LogP contribution in [0.5, 0.6) is 11.6 Å². The Labute approximate surface area is 201 Å². The van der Waals surface area contributed by atoms with Crippen molar-refractivity contribution in [3.05, 3.63) is 59.9 Å². The molecule has 6 rings (SSSR count). The second kappa shape index (κ2) is 8.61. The van der Waals surface area contributed by atoms with Gasteiger partial charge in [0, 0.05) is 40.5 Å². The Balaban J connectivity index is 1.55. The van der Waals surface area contributed by atoms with Crippen molar-refractivity contribution in [2.45, 2.75) is 38.0 Å². The van der Waals surface area contributed by atoms with E-state index in [-0.39, 0.29) is 5.88 Å². The number of aromatic nitrogens is 5. The van der Waals surface area contributed by atoms with E-state index in [1.165, 1.54) is 30.6 Å². The summed E-state index contributed by atoms with van der Waals surface area (Å²) in [5.74, 6) is 1.29. The molecule has 8 heteroatoms. The molecule has 0 amide bonds. The van der Waals surface area contributed by atoms with Gasteiger partial charge in [0.1, 0.15) is 17.0 Å². The van der Waals surface area contributed by atoms with Gasteiger partial charge in [0.25, 0.3) is 0 Å². The van der Waals surface area contributed by atoms with Crippen LogP contribution in [0.25, 0.3) is 38.5 Å². The number of ether oxygens (including phenoxy) is 1. The first kappa shape index (κ1) is 20.9. The normalized spacial score (nSPS) is 14.6. The summed E-state index contributed by atoms with van der Waals surface area (Å²) in [6, 6.07) is 11.8. The minimum Gasteiger partial charge on any atom is -0.497 e. The number of pyridine rings is 1. The van der Waals surface area contributed by atoms with E-state index < -0.39 is 0 Å². The molecular formula is C26H25N5O2S. The van der Waals surface area contributed by atoms with Crippen LogP contribution in [0.3, 0.4) is 0 Å². The van der Waals surface area contributed by atoms with Gasteiger partial charge in [-0.3, -0.25) is 14.6 Å². The molecule has 0 unspecified atom stereocenters. The third kappa shape index (κ3) is 3.45. The smallest absolute Gasteiger partial charge is 0.224 e. The summed E-state index contributed by atoms with van der Waals surface area (Å²) >= 11 is 1.53. The molecule has 0 spiro atoms. The van der Waals surface area contributed by atoms with E-state index in [1.807, 2.05) is 52.5 Å². The summed E-state index contributed by atoms with van der Waals surface area (Å²) < 4.78 is 7.27. The Bertz CT molecular complexity index is 1430. The van der Waals surface area contributed by atoms with Gasteiger partial charge in [-0.05, 0) is 49.2 Å². The number of methoxy groups -OCH3 is 1. The highest BCUT2D eigenvalue weighted by molar-refractivity contribution is 7.12. The van der Waals surface area contributed by atoms with Crippen LogP contribution in [0.2, 0.25) is 0 Å². The largest absolute Gasteiger partial charge is 0.497 e.